The molecule has 1 aliphatic heterocycles. The fraction of sp³-hybridized carbons (Fsp3) is 0.364. The number of ether oxygens (including phenoxy) is 1. The Bertz CT molecular complexity index is 796. The molecule has 5 heteroatoms. The van der Waals surface area contributed by atoms with E-state index >= 15 is 0 Å². The average molecular weight is 366 g/mol. The smallest absolute Gasteiger partial charge is 0.260 e. The number of nitrogens with one attached hydrogen (secondary N) is 1. The van der Waals surface area contributed by atoms with Crippen LogP contribution in [0.25, 0.3) is 0 Å². The Morgan fingerprint density at radius 2 is 1.78 bits per heavy atom. The first-order chi connectivity index (χ1) is 13.0. The lowest BCUT2D eigenvalue weighted by Crippen LogP contribution is -2.43. The molecule has 27 heavy (non-hydrogen) atoms. The molecule has 1 saturated heterocycles. The van der Waals surface area contributed by atoms with Gasteiger partial charge in [0.15, 0.2) is 6.61 Å². The lowest BCUT2D eigenvalue weighted by atomic mass is 9.95. The number of hydrogen-bond acceptors (Lipinski definition) is 3. The summed E-state index contributed by atoms with van der Waals surface area (Å²) < 4.78 is 5.53. The van der Waals surface area contributed by atoms with Crippen molar-refractivity contribution in [2.75, 3.05) is 25.0 Å². The Balaban J connectivity index is 1.46. The highest BCUT2D eigenvalue weighted by Gasteiger charge is 2.27. The highest BCUT2D eigenvalue weighted by atomic mass is 16.5. The Kier molecular flexibility index (Phi) is 6.12. The molecule has 1 N–H and O–H groups in total. The van der Waals surface area contributed by atoms with Crippen LogP contribution < -0.4 is 10.1 Å². The topological polar surface area (TPSA) is 58.6 Å². The second kappa shape index (κ2) is 8.71. The molecule has 5 nitrogen and oxygen atoms in total. The number of carbonyl (C=O) groups is 2. The molecule has 0 saturated carbocycles. The van der Waals surface area contributed by atoms with E-state index in [1.165, 1.54) is 5.56 Å². The van der Waals surface area contributed by atoms with Gasteiger partial charge in [-0.3, -0.25) is 9.59 Å². The van der Waals surface area contributed by atoms with Crippen molar-refractivity contribution in [2.45, 2.75) is 26.7 Å². The molecule has 0 aromatic heterocycles. The SMILES string of the molecule is Cc1ccc(NC(=O)C2CCN(C(=O)COc3ccccc3)CC2)c(C)c1. The third kappa shape index (κ3) is 5.09. The summed E-state index contributed by atoms with van der Waals surface area (Å²) in [6, 6.07) is 15.3. The number of para-hydroxylation sites is 1. The number of nitrogens with zero attached hydrogens (tertiary/aromatic N) is 1. The minimum absolute atomic E-state index is 0.0312. The number of amides is 2. The normalized spacial score (nSPS) is 14.7. The standard InChI is InChI=1S/C22H26N2O3/c1-16-8-9-20(17(2)14-16)23-22(26)18-10-12-24(13-11-18)21(25)15-27-19-6-4-3-5-7-19/h3-9,14,18H,10-13,15H2,1-2H3,(H,23,26). The van der Waals surface area contributed by atoms with E-state index in [2.05, 4.69) is 11.4 Å². The summed E-state index contributed by atoms with van der Waals surface area (Å²) in [7, 11) is 0. The zero-order chi connectivity index (χ0) is 19.2. The molecule has 1 heterocycles. The highest BCUT2D eigenvalue weighted by Crippen LogP contribution is 2.22. The van der Waals surface area contributed by atoms with Crippen molar-refractivity contribution in [2.24, 2.45) is 5.92 Å². The number of benzene rings is 2. The predicted octanol–water partition coefficient (Wildman–Crippen LogP) is 3.56. The predicted molar refractivity (Wildman–Crippen MR) is 106 cm³/mol. The fourth-order valence-electron chi connectivity index (χ4n) is 3.33. The van der Waals surface area contributed by atoms with Gasteiger partial charge in [-0.1, -0.05) is 35.9 Å². The quantitative estimate of drug-likeness (QED) is 0.880. The number of rotatable bonds is 5. The Hall–Kier alpha value is -2.82. The van der Waals surface area contributed by atoms with Gasteiger partial charge in [0.25, 0.3) is 5.91 Å². The summed E-state index contributed by atoms with van der Waals surface area (Å²) in [5.41, 5.74) is 3.10. The van der Waals surface area contributed by atoms with E-state index in [9.17, 15) is 9.59 Å². The van der Waals surface area contributed by atoms with Crippen LogP contribution in [0.2, 0.25) is 0 Å². The maximum absolute atomic E-state index is 12.6. The second-order valence-electron chi connectivity index (χ2n) is 7.06. The molecule has 0 unspecified atom stereocenters. The number of likely N-dealkylation sites (tertiary alicyclic amines) is 1. The number of hydrogen-bond donors (Lipinski definition) is 1. The zero-order valence-electron chi connectivity index (χ0n) is 15.9. The molecule has 2 amide bonds. The molecule has 0 atom stereocenters. The number of aryl methyl sites for hydroxylation is 2. The Labute approximate surface area is 160 Å². The molecule has 142 valence electrons. The summed E-state index contributed by atoms with van der Waals surface area (Å²) >= 11 is 0. The summed E-state index contributed by atoms with van der Waals surface area (Å²) in [6.45, 7) is 5.23. The van der Waals surface area contributed by atoms with Crippen molar-refractivity contribution in [3.05, 3.63) is 59.7 Å². The highest BCUT2D eigenvalue weighted by molar-refractivity contribution is 5.93. The average Bonchev–Trinajstić information content (AvgIpc) is 2.69. The second-order valence-corrected chi connectivity index (χ2v) is 7.06. The first-order valence-corrected chi connectivity index (χ1v) is 9.36. The summed E-state index contributed by atoms with van der Waals surface area (Å²) in [4.78, 5) is 26.7. The molecule has 1 fully saturated rings. The van der Waals surface area contributed by atoms with Crippen LogP contribution in [0.5, 0.6) is 5.75 Å². The van der Waals surface area contributed by atoms with Gasteiger partial charge in [-0.15, -0.1) is 0 Å². The van der Waals surface area contributed by atoms with E-state index in [0.29, 0.717) is 31.7 Å². The van der Waals surface area contributed by atoms with Gasteiger partial charge in [-0.05, 0) is 50.5 Å². The van der Waals surface area contributed by atoms with E-state index in [0.717, 1.165) is 11.3 Å². The van der Waals surface area contributed by atoms with E-state index < -0.39 is 0 Å². The first-order valence-electron chi connectivity index (χ1n) is 9.36. The summed E-state index contributed by atoms with van der Waals surface area (Å²) in [6.07, 6.45) is 1.35. The van der Waals surface area contributed by atoms with Crippen LogP contribution in [-0.2, 0) is 9.59 Å². The lowest BCUT2D eigenvalue weighted by molar-refractivity contribution is -0.136. The van der Waals surface area contributed by atoms with Crippen LogP contribution in [0.4, 0.5) is 5.69 Å². The molecule has 3 rings (SSSR count). The maximum atomic E-state index is 12.6. The van der Waals surface area contributed by atoms with Gasteiger partial charge in [0, 0.05) is 24.7 Å². The van der Waals surface area contributed by atoms with Gasteiger partial charge in [-0.2, -0.15) is 0 Å². The van der Waals surface area contributed by atoms with Gasteiger partial charge < -0.3 is 15.0 Å². The third-order valence-corrected chi connectivity index (χ3v) is 4.96. The molecule has 1 aliphatic rings. The van der Waals surface area contributed by atoms with Crippen LogP contribution in [0.3, 0.4) is 0 Å². The van der Waals surface area contributed by atoms with Gasteiger partial charge in [0.2, 0.25) is 5.91 Å². The van der Waals surface area contributed by atoms with E-state index in [4.69, 9.17) is 4.74 Å². The Morgan fingerprint density at radius 1 is 1.07 bits per heavy atom. The van der Waals surface area contributed by atoms with Gasteiger partial charge in [-0.25, -0.2) is 0 Å². The van der Waals surface area contributed by atoms with Gasteiger partial charge in [0.05, 0.1) is 0 Å². The number of carbonyl (C=O) groups excluding carboxylic acids is 2. The van der Waals surface area contributed by atoms with Gasteiger partial charge >= 0.3 is 0 Å². The van der Waals surface area contributed by atoms with Crippen LogP contribution in [0.15, 0.2) is 48.5 Å². The summed E-state index contributed by atoms with van der Waals surface area (Å²) in [5, 5.41) is 3.03. The summed E-state index contributed by atoms with van der Waals surface area (Å²) in [5.74, 6) is 0.625. The lowest BCUT2D eigenvalue weighted by Gasteiger charge is -2.31. The van der Waals surface area contributed by atoms with Crippen LogP contribution >= 0.6 is 0 Å². The van der Waals surface area contributed by atoms with Crippen LogP contribution in [0.1, 0.15) is 24.0 Å². The van der Waals surface area contributed by atoms with Crippen molar-refractivity contribution in [3.8, 4) is 5.75 Å². The van der Waals surface area contributed by atoms with E-state index in [1.54, 1.807) is 4.90 Å². The zero-order valence-corrected chi connectivity index (χ0v) is 15.9. The fourth-order valence-corrected chi connectivity index (χ4v) is 3.33. The van der Waals surface area contributed by atoms with Crippen molar-refractivity contribution in [1.82, 2.24) is 4.90 Å². The van der Waals surface area contributed by atoms with Crippen LogP contribution in [0, 0.1) is 19.8 Å². The van der Waals surface area contributed by atoms with Gasteiger partial charge in [0.1, 0.15) is 5.75 Å². The number of anilines is 1. The molecule has 2 aromatic carbocycles. The molecule has 0 spiro atoms. The number of piperidine rings is 1. The first kappa shape index (κ1) is 19.0. The van der Waals surface area contributed by atoms with Crippen molar-refractivity contribution >= 4 is 17.5 Å². The largest absolute Gasteiger partial charge is 0.484 e. The van der Waals surface area contributed by atoms with Crippen molar-refractivity contribution < 1.29 is 14.3 Å². The van der Waals surface area contributed by atoms with Crippen molar-refractivity contribution in [1.29, 1.82) is 0 Å². The van der Waals surface area contributed by atoms with E-state index in [-0.39, 0.29) is 24.3 Å². The minimum atomic E-state index is -0.0650. The molecular weight excluding hydrogens is 340 g/mol. The Morgan fingerprint density at radius 3 is 2.44 bits per heavy atom. The monoisotopic (exact) mass is 366 g/mol. The third-order valence-electron chi connectivity index (χ3n) is 4.96. The molecule has 0 radical (unpaired) electrons. The molecule has 2 aromatic rings. The molecular formula is C22H26N2O3. The van der Waals surface area contributed by atoms with Crippen molar-refractivity contribution in [3.63, 3.8) is 0 Å². The van der Waals surface area contributed by atoms with Crippen LogP contribution in [-0.4, -0.2) is 36.4 Å². The maximum Gasteiger partial charge on any atom is 0.260 e. The minimum Gasteiger partial charge on any atom is -0.484 e. The molecule has 0 bridgehead atoms. The van der Waals surface area contributed by atoms with E-state index in [1.807, 2.05) is 56.3 Å². The molecule has 0 aliphatic carbocycles.